The lowest BCUT2D eigenvalue weighted by Gasteiger charge is -2.20. The minimum Gasteiger partial charge on any atom is -0.354 e. The lowest BCUT2D eigenvalue weighted by molar-refractivity contribution is 0.812. The van der Waals surface area contributed by atoms with E-state index in [2.05, 4.69) is 56.2 Å². The molecule has 0 aliphatic heterocycles. The monoisotopic (exact) mass is 366 g/mol. The maximum Gasteiger partial charge on any atom is 0.233 e. The van der Waals surface area contributed by atoms with Crippen molar-refractivity contribution in [2.45, 2.75) is 27.2 Å². The Hall–Kier alpha value is -3.16. The van der Waals surface area contributed by atoms with Crippen LogP contribution in [-0.2, 0) is 0 Å². The quantitative estimate of drug-likeness (QED) is 0.600. The normalized spacial score (nSPS) is 10.6. The van der Waals surface area contributed by atoms with E-state index in [1.165, 1.54) is 0 Å². The van der Waals surface area contributed by atoms with Gasteiger partial charge in [0.15, 0.2) is 0 Å². The predicted molar refractivity (Wildman–Crippen MR) is 109 cm³/mol. The Kier molecular flexibility index (Phi) is 6.19. The van der Waals surface area contributed by atoms with Gasteiger partial charge in [-0.25, -0.2) is 4.98 Å². The summed E-state index contributed by atoms with van der Waals surface area (Å²) < 4.78 is 1.96. The molecule has 2 N–H and O–H groups in total. The third-order valence-corrected chi connectivity index (χ3v) is 4.13. The molecule has 0 bridgehead atoms. The molecule has 0 aliphatic carbocycles. The van der Waals surface area contributed by atoms with Crippen LogP contribution in [0.4, 0.5) is 23.5 Å². The van der Waals surface area contributed by atoms with E-state index in [4.69, 9.17) is 0 Å². The van der Waals surface area contributed by atoms with E-state index in [0.717, 1.165) is 37.4 Å². The molecule has 27 heavy (non-hydrogen) atoms. The van der Waals surface area contributed by atoms with Crippen molar-refractivity contribution in [3.63, 3.8) is 0 Å². The van der Waals surface area contributed by atoms with Gasteiger partial charge in [0.25, 0.3) is 0 Å². The van der Waals surface area contributed by atoms with Gasteiger partial charge in [0.1, 0.15) is 0 Å². The number of benzene rings is 1. The zero-order valence-corrected chi connectivity index (χ0v) is 16.1. The zero-order valence-electron chi connectivity index (χ0n) is 16.1. The lowest BCUT2D eigenvalue weighted by atomic mass is 10.3. The van der Waals surface area contributed by atoms with Gasteiger partial charge in [-0.1, -0.05) is 6.92 Å². The van der Waals surface area contributed by atoms with Crippen molar-refractivity contribution in [2.75, 3.05) is 35.2 Å². The Balaban J connectivity index is 1.82. The summed E-state index contributed by atoms with van der Waals surface area (Å²) in [6, 6.07) is 8.03. The van der Waals surface area contributed by atoms with Crippen molar-refractivity contribution in [3.05, 3.63) is 43.0 Å². The van der Waals surface area contributed by atoms with Gasteiger partial charge in [0.2, 0.25) is 17.8 Å². The van der Waals surface area contributed by atoms with Crippen molar-refractivity contribution >= 4 is 23.5 Å². The van der Waals surface area contributed by atoms with E-state index in [9.17, 15) is 0 Å². The molecule has 142 valence electrons. The van der Waals surface area contributed by atoms with Crippen LogP contribution in [0.3, 0.4) is 0 Å². The van der Waals surface area contributed by atoms with E-state index < -0.39 is 0 Å². The van der Waals surface area contributed by atoms with Crippen LogP contribution in [0.25, 0.3) is 5.69 Å². The number of nitrogens with zero attached hydrogens (tertiary/aromatic N) is 6. The first-order chi connectivity index (χ1) is 13.2. The summed E-state index contributed by atoms with van der Waals surface area (Å²) in [4.78, 5) is 19.8. The third-order valence-electron chi connectivity index (χ3n) is 4.13. The highest BCUT2D eigenvalue weighted by Gasteiger charge is 2.11. The van der Waals surface area contributed by atoms with Gasteiger partial charge in [-0.05, 0) is 44.5 Å². The van der Waals surface area contributed by atoms with Gasteiger partial charge in [0.05, 0.1) is 6.33 Å². The van der Waals surface area contributed by atoms with Gasteiger partial charge in [-0.2, -0.15) is 15.0 Å². The van der Waals surface area contributed by atoms with E-state index in [1.807, 2.05) is 35.0 Å². The summed E-state index contributed by atoms with van der Waals surface area (Å²) >= 11 is 0. The molecular formula is C19H26N8. The maximum absolute atomic E-state index is 4.59. The van der Waals surface area contributed by atoms with Crippen molar-refractivity contribution < 1.29 is 0 Å². The topological polar surface area (TPSA) is 83.8 Å². The van der Waals surface area contributed by atoms with Crippen LogP contribution in [0.2, 0.25) is 0 Å². The molecule has 8 heteroatoms. The first-order valence-corrected chi connectivity index (χ1v) is 9.33. The van der Waals surface area contributed by atoms with Crippen molar-refractivity contribution in [1.82, 2.24) is 24.5 Å². The number of imidazole rings is 1. The number of anilines is 4. The molecule has 0 unspecified atom stereocenters. The Morgan fingerprint density at radius 3 is 2.33 bits per heavy atom. The minimum absolute atomic E-state index is 0.529. The molecule has 2 heterocycles. The Labute approximate surface area is 159 Å². The van der Waals surface area contributed by atoms with Crippen LogP contribution in [0.15, 0.2) is 43.0 Å². The number of aromatic nitrogens is 5. The Bertz CT molecular complexity index is 825. The summed E-state index contributed by atoms with van der Waals surface area (Å²) in [5.74, 6) is 1.79. The SMILES string of the molecule is CCCNc1nc(Nc2ccc(-n3ccnc3)cc2)nc(N(CC)CC)n1. The number of hydrogen-bond donors (Lipinski definition) is 2. The third kappa shape index (κ3) is 4.72. The molecule has 0 spiro atoms. The van der Waals surface area contributed by atoms with Crippen LogP contribution in [0, 0.1) is 0 Å². The zero-order chi connectivity index (χ0) is 19.1. The van der Waals surface area contributed by atoms with Crippen molar-refractivity contribution in [1.29, 1.82) is 0 Å². The molecule has 0 aliphatic rings. The first kappa shape index (κ1) is 18.6. The van der Waals surface area contributed by atoms with Crippen LogP contribution >= 0.6 is 0 Å². The molecular weight excluding hydrogens is 340 g/mol. The Morgan fingerprint density at radius 1 is 0.963 bits per heavy atom. The van der Waals surface area contributed by atoms with Crippen LogP contribution in [0.5, 0.6) is 0 Å². The van der Waals surface area contributed by atoms with E-state index in [0.29, 0.717) is 17.8 Å². The summed E-state index contributed by atoms with van der Waals surface area (Å²) in [5, 5.41) is 6.54. The predicted octanol–water partition coefficient (Wildman–Crippen LogP) is 3.47. The molecule has 0 saturated carbocycles. The van der Waals surface area contributed by atoms with Gasteiger partial charge in [-0.15, -0.1) is 0 Å². The summed E-state index contributed by atoms with van der Waals surface area (Å²) in [6.45, 7) is 8.80. The molecule has 0 saturated heterocycles. The van der Waals surface area contributed by atoms with Crippen molar-refractivity contribution in [3.8, 4) is 5.69 Å². The fourth-order valence-electron chi connectivity index (χ4n) is 2.64. The molecule has 0 fully saturated rings. The highest BCUT2D eigenvalue weighted by molar-refractivity contribution is 5.57. The molecule has 8 nitrogen and oxygen atoms in total. The van der Waals surface area contributed by atoms with Crippen molar-refractivity contribution in [2.24, 2.45) is 0 Å². The number of nitrogens with one attached hydrogen (secondary N) is 2. The van der Waals surface area contributed by atoms with Crippen LogP contribution in [-0.4, -0.2) is 44.1 Å². The summed E-state index contributed by atoms with van der Waals surface area (Å²) in [6.07, 6.45) is 6.45. The molecule has 2 aromatic heterocycles. The molecule has 3 rings (SSSR count). The van der Waals surface area contributed by atoms with Gasteiger partial charge in [-0.3, -0.25) is 0 Å². The fraction of sp³-hybridized carbons (Fsp3) is 0.368. The number of hydrogen-bond acceptors (Lipinski definition) is 7. The van der Waals surface area contributed by atoms with Crippen LogP contribution in [0.1, 0.15) is 27.2 Å². The average Bonchev–Trinajstić information content (AvgIpc) is 3.23. The second-order valence-corrected chi connectivity index (χ2v) is 6.02. The molecule has 0 radical (unpaired) electrons. The second-order valence-electron chi connectivity index (χ2n) is 6.02. The minimum atomic E-state index is 0.529. The smallest absolute Gasteiger partial charge is 0.233 e. The standard InChI is InChI=1S/C19H26N8/c1-4-11-21-17-23-18(25-19(24-17)26(5-2)6-3)22-15-7-9-16(10-8-15)27-13-12-20-14-27/h7-10,12-14H,4-6,11H2,1-3H3,(H2,21,22,23,24,25). The highest BCUT2D eigenvalue weighted by atomic mass is 15.3. The average molecular weight is 366 g/mol. The van der Waals surface area contributed by atoms with Gasteiger partial charge in [0, 0.05) is 43.4 Å². The molecule has 3 aromatic rings. The number of rotatable bonds is 9. The maximum atomic E-state index is 4.59. The second kappa shape index (κ2) is 8.98. The molecule has 0 amide bonds. The fourth-order valence-corrected chi connectivity index (χ4v) is 2.64. The van der Waals surface area contributed by atoms with E-state index >= 15 is 0 Å². The van der Waals surface area contributed by atoms with Gasteiger partial charge < -0.3 is 20.1 Å². The Morgan fingerprint density at radius 2 is 1.70 bits per heavy atom. The summed E-state index contributed by atoms with van der Waals surface area (Å²) in [5.41, 5.74) is 1.96. The van der Waals surface area contributed by atoms with E-state index in [-0.39, 0.29) is 0 Å². The van der Waals surface area contributed by atoms with Gasteiger partial charge >= 0.3 is 0 Å². The first-order valence-electron chi connectivity index (χ1n) is 9.33. The van der Waals surface area contributed by atoms with E-state index in [1.54, 1.807) is 12.5 Å². The molecule has 1 aromatic carbocycles. The lowest BCUT2D eigenvalue weighted by Crippen LogP contribution is -2.25. The highest BCUT2D eigenvalue weighted by Crippen LogP contribution is 2.19. The molecule has 0 atom stereocenters. The summed E-state index contributed by atoms with van der Waals surface area (Å²) in [7, 11) is 0. The van der Waals surface area contributed by atoms with Crippen LogP contribution < -0.4 is 15.5 Å². The largest absolute Gasteiger partial charge is 0.354 e.